The molecule has 0 radical (unpaired) electrons. The molecule has 1 saturated carbocycles. The summed E-state index contributed by atoms with van der Waals surface area (Å²) in [7, 11) is 1.67. The van der Waals surface area contributed by atoms with Crippen molar-refractivity contribution >= 4 is 23.3 Å². The zero-order valence-electron chi connectivity index (χ0n) is 19.5. The molecule has 1 aliphatic carbocycles. The number of ether oxygens (including phenoxy) is 2. The van der Waals surface area contributed by atoms with Gasteiger partial charge in [-0.3, -0.25) is 4.98 Å². The van der Waals surface area contributed by atoms with Crippen molar-refractivity contribution in [3.05, 3.63) is 47.8 Å². The van der Waals surface area contributed by atoms with Crippen LogP contribution in [-0.4, -0.2) is 44.2 Å². The lowest BCUT2D eigenvalue weighted by Crippen LogP contribution is -2.42. The van der Waals surface area contributed by atoms with E-state index < -0.39 is 0 Å². The molecule has 1 saturated heterocycles. The van der Waals surface area contributed by atoms with Crippen LogP contribution in [0, 0.1) is 5.92 Å². The summed E-state index contributed by atoms with van der Waals surface area (Å²) in [6.07, 6.45) is 6.88. The van der Waals surface area contributed by atoms with Gasteiger partial charge in [0.1, 0.15) is 6.29 Å². The molecule has 0 spiro atoms. The molecule has 2 aliphatic rings. The number of methoxy groups -OCH3 is 1. The number of carbonyl (C=O) groups excluding carboxylic acids is 1. The first-order valence-electron chi connectivity index (χ1n) is 11.7. The summed E-state index contributed by atoms with van der Waals surface area (Å²) in [5, 5.41) is 3.61. The van der Waals surface area contributed by atoms with Crippen molar-refractivity contribution in [2.24, 2.45) is 5.92 Å². The Bertz CT molecular complexity index is 903. The first kappa shape index (κ1) is 22.7. The maximum absolute atomic E-state index is 11.8. The molecule has 32 heavy (non-hydrogen) atoms. The lowest BCUT2D eigenvalue weighted by atomic mass is 9.95. The molecule has 1 aliphatic heterocycles. The van der Waals surface area contributed by atoms with Gasteiger partial charge in [0.05, 0.1) is 41.0 Å². The number of anilines is 3. The summed E-state index contributed by atoms with van der Waals surface area (Å²) in [6, 6.07) is 11.0. The molecule has 2 fully saturated rings. The fourth-order valence-electron chi connectivity index (χ4n) is 4.53. The zero-order chi connectivity index (χ0) is 22.6. The van der Waals surface area contributed by atoms with E-state index in [4.69, 9.17) is 9.47 Å². The molecule has 0 amide bonds. The molecule has 2 aromatic rings. The summed E-state index contributed by atoms with van der Waals surface area (Å²) in [5.41, 5.74) is 4.82. The molecule has 6 nitrogen and oxygen atoms in total. The van der Waals surface area contributed by atoms with E-state index in [2.05, 4.69) is 47.2 Å². The van der Waals surface area contributed by atoms with Gasteiger partial charge in [0.25, 0.3) is 0 Å². The van der Waals surface area contributed by atoms with E-state index in [1.54, 1.807) is 7.11 Å². The number of benzene rings is 1. The highest BCUT2D eigenvalue weighted by Gasteiger charge is 2.44. The van der Waals surface area contributed by atoms with Gasteiger partial charge in [-0.25, -0.2) is 0 Å². The third kappa shape index (κ3) is 5.13. The minimum Gasteiger partial charge on any atom is -0.381 e. The van der Waals surface area contributed by atoms with E-state index in [-0.39, 0.29) is 5.41 Å². The van der Waals surface area contributed by atoms with Gasteiger partial charge >= 0.3 is 0 Å². The van der Waals surface area contributed by atoms with Crippen molar-refractivity contribution in [1.82, 2.24) is 4.98 Å². The zero-order valence-corrected chi connectivity index (χ0v) is 19.5. The SMILES string of the molecule is COCc1ccc(Nc2cc(C3(C=O)CC3)ccc2N(CC(C)C)C2CCOCC2)cn1. The molecule has 1 aromatic carbocycles. The van der Waals surface area contributed by atoms with Crippen molar-refractivity contribution < 1.29 is 14.3 Å². The van der Waals surface area contributed by atoms with E-state index in [0.29, 0.717) is 18.6 Å². The minimum absolute atomic E-state index is 0.308. The molecular weight excluding hydrogens is 402 g/mol. The Labute approximate surface area is 191 Å². The Hall–Kier alpha value is -2.44. The van der Waals surface area contributed by atoms with Crippen molar-refractivity contribution in [3.8, 4) is 0 Å². The topological polar surface area (TPSA) is 63.7 Å². The highest BCUT2D eigenvalue weighted by atomic mass is 16.5. The maximum atomic E-state index is 11.8. The number of nitrogens with one attached hydrogen (secondary N) is 1. The van der Waals surface area contributed by atoms with Gasteiger partial charge < -0.3 is 24.5 Å². The largest absolute Gasteiger partial charge is 0.381 e. The van der Waals surface area contributed by atoms with E-state index in [1.807, 2.05) is 18.3 Å². The monoisotopic (exact) mass is 437 g/mol. The first-order chi connectivity index (χ1) is 15.5. The Morgan fingerprint density at radius 2 is 2.03 bits per heavy atom. The van der Waals surface area contributed by atoms with Crippen molar-refractivity contribution in [1.29, 1.82) is 0 Å². The number of aldehydes is 1. The highest BCUT2D eigenvalue weighted by Crippen LogP contribution is 2.48. The third-order valence-corrected chi connectivity index (χ3v) is 6.48. The number of carbonyl (C=O) groups is 1. The van der Waals surface area contributed by atoms with Crippen LogP contribution >= 0.6 is 0 Å². The lowest BCUT2D eigenvalue weighted by molar-refractivity contribution is -0.109. The number of aromatic nitrogens is 1. The number of hydrogen-bond acceptors (Lipinski definition) is 6. The quantitative estimate of drug-likeness (QED) is 0.537. The van der Waals surface area contributed by atoms with Crippen LogP contribution in [0.1, 0.15) is 50.8 Å². The van der Waals surface area contributed by atoms with Crippen LogP contribution in [-0.2, 0) is 26.3 Å². The van der Waals surface area contributed by atoms with Gasteiger partial charge in [-0.1, -0.05) is 19.9 Å². The fraction of sp³-hybridized carbons (Fsp3) is 0.538. The Morgan fingerprint density at radius 3 is 2.62 bits per heavy atom. The van der Waals surface area contributed by atoms with Gasteiger partial charge in [-0.15, -0.1) is 0 Å². The summed E-state index contributed by atoms with van der Waals surface area (Å²) in [6.45, 7) is 7.60. The average molecular weight is 438 g/mol. The Kier molecular flexibility index (Phi) is 7.11. The summed E-state index contributed by atoms with van der Waals surface area (Å²) < 4.78 is 10.8. The van der Waals surface area contributed by atoms with Crippen molar-refractivity contribution in [2.45, 2.75) is 57.6 Å². The van der Waals surface area contributed by atoms with Crippen molar-refractivity contribution in [2.75, 3.05) is 37.1 Å². The van der Waals surface area contributed by atoms with Gasteiger partial charge in [-0.05, 0) is 61.4 Å². The molecular formula is C26H35N3O3. The number of hydrogen-bond donors (Lipinski definition) is 1. The summed E-state index contributed by atoms with van der Waals surface area (Å²) >= 11 is 0. The van der Waals surface area contributed by atoms with Crippen LogP contribution in [0.3, 0.4) is 0 Å². The predicted octanol–water partition coefficient (Wildman–Crippen LogP) is 4.84. The molecule has 2 heterocycles. The molecule has 0 atom stereocenters. The molecule has 0 unspecified atom stereocenters. The lowest BCUT2D eigenvalue weighted by Gasteiger charge is -2.38. The Morgan fingerprint density at radius 1 is 1.25 bits per heavy atom. The van der Waals surface area contributed by atoms with Crippen LogP contribution < -0.4 is 10.2 Å². The smallest absolute Gasteiger partial charge is 0.130 e. The van der Waals surface area contributed by atoms with Gasteiger partial charge in [0, 0.05) is 32.9 Å². The van der Waals surface area contributed by atoms with Gasteiger partial charge in [0.2, 0.25) is 0 Å². The van der Waals surface area contributed by atoms with Crippen molar-refractivity contribution in [3.63, 3.8) is 0 Å². The summed E-state index contributed by atoms with van der Waals surface area (Å²) in [5.74, 6) is 0.533. The number of rotatable bonds is 10. The number of pyridine rings is 1. The van der Waals surface area contributed by atoms with Crippen LogP contribution in [0.2, 0.25) is 0 Å². The van der Waals surface area contributed by atoms with Gasteiger partial charge in [-0.2, -0.15) is 0 Å². The normalized spacial score (nSPS) is 17.9. The standard InChI is InChI=1S/C26H35N3O3/c1-19(2)16-29(23-8-12-32-13-9-23)25-7-4-20(26(18-30)10-11-26)14-24(25)28-21-5-6-22(17-31-3)27-15-21/h4-7,14-15,18-19,23,28H,8-13,16-17H2,1-3H3. The molecule has 4 rings (SSSR count). The minimum atomic E-state index is -0.308. The first-order valence-corrected chi connectivity index (χ1v) is 11.7. The Balaban J connectivity index is 1.70. The summed E-state index contributed by atoms with van der Waals surface area (Å²) in [4.78, 5) is 18.8. The molecule has 1 aromatic heterocycles. The molecule has 0 bridgehead atoms. The highest BCUT2D eigenvalue weighted by molar-refractivity contribution is 5.80. The number of nitrogens with zero attached hydrogens (tertiary/aromatic N) is 2. The van der Waals surface area contributed by atoms with E-state index in [1.165, 1.54) is 5.69 Å². The van der Waals surface area contributed by atoms with Crippen LogP contribution in [0.15, 0.2) is 36.5 Å². The van der Waals surface area contributed by atoms with E-state index in [0.717, 1.165) is 74.4 Å². The van der Waals surface area contributed by atoms with Crippen LogP contribution in [0.5, 0.6) is 0 Å². The average Bonchev–Trinajstić information content (AvgIpc) is 3.61. The van der Waals surface area contributed by atoms with Gasteiger partial charge in [0.15, 0.2) is 0 Å². The molecule has 6 heteroatoms. The molecule has 172 valence electrons. The maximum Gasteiger partial charge on any atom is 0.130 e. The fourth-order valence-corrected chi connectivity index (χ4v) is 4.53. The molecule has 1 N–H and O–H groups in total. The van der Waals surface area contributed by atoms with Crippen LogP contribution in [0.25, 0.3) is 0 Å². The third-order valence-electron chi connectivity index (χ3n) is 6.48. The van der Waals surface area contributed by atoms with Crippen LogP contribution in [0.4, 0.5) is 17.1 Å². The van der Waals surface area contributed by atoms with E-state index >= 15 is 0 Å². The predicted molar refractivity (Wildman–Crippen MR) is 128 cm³/mol. The van der Waals surface area contributed by atoms with E-state index in [9.17, 15) is 4.79 Å². The second kappa shape index (κ2) is 10.0. The second-order valence-electron chi connectivity index (χ2n) is 9.49. The second-order valence-corrected chi connectivity index (χ2v) is 9.49.